The number of piperazine rings is 1. The lowest BCUT2D eigenvalue weighted by Gasteiger charge is -2.35. The molecular formula is C17H26Cl2FN3. The minimum Gasteiger partial charge on any atom is -0.314 e. The molecule has 23 heavy (non-hydrogen) atoms. The number of halogens is 3. The Morgan fingerprint density at radius 2 is 1.96 bits per heavy atom. The Balaban J connectivity index is 0.00000242. The monoisotopic (exact) mass is 361 g/mol. The molecule has 1 heterocycles. The number of nitrogens with one attached hydrogen (secondary N) is 1. The summed E-state index contributed by atoms with van der Waals surface area (Å²) in [6.45, 7) is 6.21. The third-order valence-electron chi connectivity index (χ3n) is 4.17. The van der Waals surface area contributed by atoms with E-state index in [9.17, 15) is 4.39 Å². The van der Waals surface area contributed by atoms with Gasteiger partial charge in [-0.2, -0.15) is 5.26 Å². The molecule has 0 amide bonds. The van der Waals surface area contributed by atoms with E-state index in [1.807, 2.05) is 12.1 Å². The highest BCUT2D eigenvalue weighted by atomic mass is 35.5. The number of hydrogen-bond donors (Lipinski definition) is 1. The fourth-order valence-electron chi connectivity index (χ4n) is 2.98. The summed E-state index contributed by atoms with van der Waals surface area (Å²) >= 11 is 0. The molecule has 1 aromatic rings. The normalized spacial score (nSPS) is 15.9. The van der Waals surface area contributed by atoms with E-state index >= 15 is 0 Å². The molecule has 1 saturated heterocycles. The second-order valence-corrected chi connectivity index (χ2v) is 5.65. The van der Waals surface area contributed by atoms with Gasteiger partial charge in [-0.15, -0.1) is 24.8 Å². The van der Waals surface area contributed by atoms with Gasteiger partial charge in [-0.3, -0.25) is 4.90 Å². The highest BCUT2D eigenvalue weighted by Gasteiger charge is 2.22. The van der Waals surface area contributed by atoms with Gasteiger partial charge in [-0.1, -0.05) is 32.3 Å². The Morgan fingerprint density at radius 1 is 1.26 bits per heavy atom. The lowest BCUT2D eigenvalue weighted by atomic mass is 9.96. The molecule has 0 spiro atoms. The van der Waals surface area contributed by atoms with Crippen molar-refractivity contribution in [1.29, 1.82) is 5.26 Å². The first kappa shape index (κ1) is 22.1. The number of unbranched alkanes of at least 4 members (excludes halogenated alkanes) is 2. The van der Waals surface area contributed by atoms with Gasteiger partial charge in [0.25, 0.3) is 0 Å². The summed E-state index contributed by atoms with van der Waals surface area (Å²) in [6, 6.07) is 7.26. The van der Waals surface area contributed by atoms with Gasteiger partial charge in [0, 0.05) is 32.2 Å². The van der Waals surface area contributed by atoms with Crippen LogP contribution in [0.25, 0.3) is 0 Å². The van der Waals surface area contributed by atoms with Crippen LogP contribution in [0.3, 0.4) is 0 Å². The zero-order valence-corrected chi connectivity index (χ0v) is 15.2. The Bertz CT molecular complexity index is 499. The Morgan fingerprint density at radius 3 is 2.57 bits per heavy atom. The summed E-state index contributed by atoms with van der Waals surface area (Å²) in [4.78, 5) is 2.46. The minimum absolute atomic E-state index is 0. The van der Waals surface area contributed by atoms with Crippen LogP contribution in [0.2, 0.25) is 0 Å². The molecule has 2 rings (SSSR count). The molecule has 0 radical (unpaired) electrons. The Labute approximate surface area is 151 Å². The average molecular weight is 362 g/mol. The Hall–Kier alpha value is -0.860. The van der Waals surface area contributed by atoms with Crippen molar-refractivity contribution in [2.24, 2.45) is 0 Å². The van der Waals surface area contributed by atoms with Crippen LogP contribution in [0.4, 0.5) is 4.39 Å². The fourth-order valence-corrected chi connectivity index (χ4v) is 2.98. The van der Waals surface area contributed by atoms with Gasteiger partial charge in [-0.05, 0) is 24.1 Å². The fraction of sp³-hybridized carbons (Fsp3) is 0.588. The van der Waals surface area contributed by atoms with Gasteiger partial charge < -0.3 is 5.32 Å². The van der Waals surface area contributed by atoms with Crippen LogP contribution >= 0.6 is 24.8 Å². The highest BCUT2D eigenvalue weighted by Crippen LogP contribution is 2.28. The summed E-state index contributed by atoms with van der Waals surface area (Å²) in [5, 5.41) is 12.4. The van der Waals surface area contributed by atoms with E-state index in [0.29, 0.717) is 6.04 Å². The topological polar surface area (TPSA) is 39.1 Å². The first-order valence-electron chi connectivity index (χ1n) is 7.90. The molecule has 1 N–H and O–H groups in total. The summed E-state index contributed by atoms with van der Waals surface area (Å²) in [5.41, 5.74) is 1.23. The largest absolute Gasteiger partial charge is 0.314 e. The van der Waals surface area contributed by atoms with Crippen LogP contribution < -0.4 is 5.32 Å². The van der Waals surface area contributed by atoms with Gasteiger partial charge in [0.2, 0.25) is 0 Å². The summed E-state index contributed by atoms with van der Waals surface area (Å²) < 4.78 is 13.5. The molecule has 1 aliphatic heterocycles. The van der Waals surface area contributed by atoms with Crippen molar-refractivity contribution < 1.29 is 4.39 Å². The van der Waals surface area contributed by atoms with Crippen LogP contribution in [0, 0.1) is 17.1 Å². The van der Waals surface area contributed by atoms with Crippen molar-refractivity contribution in [3.05, 3.63) is 35.1 Å². The molecule has 1 atom stereocenters. The molecule has 0 aliphatic carbocycles. The predicted molar refractivity (Wildman–Crippen MR) is 96.9 cm³/mol. The smallest absolute Gasteiger partial charge is 0.140 e. The molecule has 0 saturated carbocycles. The SMILES string of the molecule is CCCCC[C@H](c1ccc(F)c(C#N)c1)N1CCNCC1.Cl.Cl. The van der Waals surface area contributed by atoms with E-state index in [2.05, 4.69) is 17.1 Å². The second-order valence-electron chi connectivity index (χ2n) is 5.65. The maximum Gasteiger partial charge on any atom is 0.140 e. The highest BCUT2D eigenvalue weighted by molar-refractivity contribution is 5.85. The van der Waals surface area contributed by atoms with Crippen molar-refractivity contribution in [1.82, 2.24) is 10.2 Å². The van der Waals surface area contributed by atoms with Crippen molar-refractivity contribution in [3.8, 4) is 6.07 Å². The number of nitrogens with zero attached hydrogens (tertiary/aromatic N) is 2. The first-order valence-corrected chi connectivity index (χ1v) is 7.90. The molecule has 6 heteroatoms. The van der Waals surface area contributed by atoms with E-state index in [1.165, 1.54) is 25.3 Å². The lowest BCUT2D eigenvalue weighted by Crippen LogP contribution is -2.45. The molecule has 3 nitrogen and oxygen atoms in total. The van der Waals surface area contributed by atoms with Crippen molar-refractivity contribution >= 4 is 24.8 Å². The zero-order valence-electron chi connectivity index (χ0n) is 13.6. The van der Waals surface area contributed by atoms with Crippen LogP contribution in [0.15, 0.2) is 18.2 Å². The zero-order chi connectivity index (χ0) is 15.1. The van der Waals surface area contributed by atoms with Crippen molar-refractivity contribution in [2.75, 3.05) is 26.2 Å². The standard InChI is InChI=1S/C17H24FN3.2ClH/c1-2-3-4-5-17(21-10-8-20-9-11-21)14-6-7-16(18)15(12-14)13-19;;/h6-7,12,17,20H,2-5,8-11H2,1H3;2*1H/t17-;;/m1../s1. The third kappa shape index (κ3) is 6.27. The van der Waals surface area contributed by atoms with E-state index in [4.69, 9.17) is 5.26 Å². The minimum atomic E-state index is -0.422. The predicted octanol–water partition coefficient (Wildman–Crippen LogP) is 4.07. The molecule has 1 aromatic carbocycles. The van der Waals surface area contributed by atoms with Crippen molar-refractivity contribution in [3.63, 3.8) is 0 Å². The number of nitriles is 1. The molecule has 1 aliphatic rings. The summed E-state index contributed by atoms with van der Waals surface area (Å²) in [7, 11) is 0. The van der Waals surface area contributed by atoms with Gasteiger partial charge in [0.05, 0.1) is 5.56 Å². The maximum absolute atomic E-state index is 13.5. The Kier molecular flexibility index (Phi) is 11.2. The quantitative estimate of drug-likeness (QED) is 0.776. The first-order chi connectivity index (χ1) is 10.3. The average Bonchev–Trinajstić information content (AvgIpc) is 2.53. The molecule has 130 valence electrons. The lowest BCUT2D eigenvalue weighted by molar-refractivity contribution is 0.162. The summed E-state index contributed by atoms with van der Waals surface area (Å²) in [5.74, 6) is -0.422. The molecule has 1 fully saturated rings. The van der Waals surface area contributed by atoms with Crippen LogP contribution in [-0.4, -0.2) is 31.1 Å². The maximum atomic E-state index is 13.5. The molecule has 0 bridgehead atoms. The summed E-state index contributed by atoms with van der Waals surface area (Å²) in [6.07, 6.45) is 4.66. The number of benzene rings is 1. The molecule has 0 unspecified atom stereocenters. The van der Waals surface area contributed by atoms with E-state index in [-0.39, 0.29) is 30.4 Å². The molecular weight excluding hydrogens is 336 g/mol. The van der Waals surface area contributed by atoms with Crippen LogP contribution in [-0.2, 0) is 0 Å². The van der Waals surface area contributed by atoms with Gasteiger partial charge in [-0.25, -0.2) is 4.39 Å². The van der Waals surface area contributed by atoms with Crippen molar-refractivity contribution in [2.45, 2.75) is 38.6 Å². The third-order valence-corrected chi connectivity index (χ3v) is 4.17. The number of rotatable bonds is 6. The van der Waals surface area contributed by atoms with Gasteiger partial charge >= 0.3 is 0 Å². The number of hydrogen-bond acceptors (Lipinski definition) is 3. The van der Waals surface area contributed by atoms with Crippen LogP contribution in [0.1, 0.15) is 49.8 Å². The second kappa shape index (κ2) is 11.6. The van der Waals surface area contributed by atoms with E-state index < -0.39 is 5.82 Å². The van der Waals surface area contributed by atoms with Gasteiger partial charge in [0.15, 0.2) is 0 Å². The molecule has 0 aromatic heterocycles. The van der Waals surface area contributed by atoms with Crippen LogP contribution in [0.5, 0.6) is 0 Å². The van der Waals surface area contributed by atoms with E-state index in [0.717, 1.165) is 38.2 Å². The van der Waals surface area contributed by atoms with Gasteiger partial charge in [0.1, 0.15) is 11.9 Å². The van der Waals surface area contributed by atoms with E-state index in [1.54, 1.807) is 6.07 Å².